The molecular formula is C15H17N3O. The highest BCUT2D eigenvalue weighted by molar-refractivity contribution is 5.78. The van der Waals surface area contributed by atoms with Crippen LogP contribution in [0.1, 0.15) is 11.1 Å². The van der Waals surface area contributed by atoms with Gasteiger partial charge in [-0.25, -0.2) is 0 Å². The number of carbonyl (C=O) groups is 1. The van der Waals surface area contributed by atoms with Crippen molar-refractivity contribution in [1.29, 1.82) is 0 Å². The van der Waals surface area contributed by atoms with Crippen LogP contribution in [0.5, 0.6) is 0 Å². The fourth-order valence-electron chi connectivity index (χ4n) is 2.07. The maximum atomic E-state index is 12.0. The Labute approximate surface area is 112 Å². The first-order valence-corrected chi connectivity index (χ1v) is 6.29. The Morgan fingerprint density at radius 3 is 2.00 bits per heavy atom. The predicted molar refractivity (Wildman–Crippen MR) is 73.4 cm³/mol. The molecule has 0 atom stereocenters. The lowest BCUT2D eigenvalue weighted by Gasteiger charge is -2.15. The van der Waals surface area contributed by atoms with E-state index in [4.69, 9.17) is 0 Å². The second-order valence-corrected chi connectivity index (χ2v) is 4.44. The van der Waals surface area contributed by atoms with Gasteiger partial charge in [0.1, 0.15) is 0 Å². The average molecular weight is 255 g/mol. The molecule has 0 aliphatic heterocycles. The molecule has 0 spiro atoms. The first-order chi connectivity index (χ1) is 9.29. The Morgan fingerprint density at radius 1 is 1.11 bits per heavy atom. The molecule has 0 unspecified atom stereocenters. The molecule has 98 valence electrons. The number of nitrogens with one attached hydrogen (secondary N) is 1. The lowest BCUT2D eigenvalue weighted by Crippen LogP contribution is -2.30. The van der Waals surface area contributed by atoms with Crippen LogP contribution in [0.2, 0.25) is 0 Å². The van der Waals surface area contributed by atoms with Gasteiger partial charge in [-0.05, 0) is 36.1 Å². The lowest BCUT2D eigenvalue weighted by molar-refractivity contribution is -0.124. The standard InChI is InChI=1S/C15H17N3O/c1-16-15(19)14(8-12-4-2-6-17-10-12)9-13-5-3-7-18-11-13/h2-7,10-11,14H,8-9H2,1H3,(H,16,19). The molecule has 2 heterocycles. The molecule has 0 bridgehead atoms. The molecule has 2 aromatic heterocycles. The van der Waals surface area contributed by atoms with E-state index in [1.807, 2.05) is 24.3 Å². The molecule has 4 heteroatoms. The molecule has 0 fully saturated rings. The summed E-state index contributed by atoms with van der Waals surface area (Å²) in [6, 6.07) is 7.76. The third-order valence-corrected chi connectivity index (χ3v) is 3.03. The van der Waals surface area contributed by atoms with E-state index >= 15 is 0 Å². The number of carbonyl (C=O) groups excluding carboxylic acids is 1. The van der Waals surface area contributed by atoms with Gasteiger partial charge in [0.05, 0.1) is 0 Å². The Kier molecular flexibility index (Phi) is 4.61. The molecule has 19 heavy (non-hydrogen) atoms. The Bertz CT molecular complexity index is 472. The fraction of sp³-hybridized carbons (Fsp3) is 0.267. The predicted octanol–water partition coefficient (Wildman–Crippen LogP) is 1.62. The van der Waals surface area contributed by atoms with Gasteiger partial charge in [0.2, 0.25) is 5.91 Å². The minimum Gasteiger partial charge on any atom is -0.359 e. The average Bonchev–Trinajstić information content (AvgIpc) is 2.48. The van der Waals surface area contributed by atoms with Crippen LogP contribution >= 0.6 is 0 Å². The fourth-order valence-corrected chi connectivity index (χ4v) is 2.07. The topological polar surface area (TPSA) is 54.9 Å². The second-order valence-electron chi connectivity index (χ2n) is 4.44. The first-order valence-electron chi connectivity index (χ1n) is 6.29. The maximum Gasteiger partial charge on any atom is 0.223 e. The smallest absolute Gasteiger partial charge is 0.223 e. The second kappa shape index (κ2) is 6.64. The molecule has 0 aliphatic carbocycles. The van der Waals surface area contributed by atoms with E-state index in [1.165, 1.54) is 0 Å². The van der Waals surface area contributed by atoms with Crippen LogP contribution < -0.4 is 5.32 Å². The van der Waals surface area contributed by atoms with Gasteiger partial charge in [-0.1, -0.05) is 12.1 Å². The van der Waals surface area contributed by atoms with E-state index in [1.54, 1.807) is 31.8 Å². The van der Waals surface area contributed by atoms with Crippen molar-refractivity contribution < 1.29 is 4.79 Å². The van der Waals surface area contributed by atoms with Crippen molar-refractivity contribution in [2.45, 2.75) is 12.8 Å². The van der Waals surface area contributed by atoms with Crippen LogP contribution in [-0.2, 0) is 17.6 Å². The van der Waals surface area contributed by atoms with E-state index in [0.717, 1.165) is 11.1 Å². The summed E-state index contributed by atoms with van der Waals surface area (Å²) in [6.07, 6.45) is 8.45. The third kappa shape index (κ3) is 3.88. The van der Waals surface area contributed by atoms with E-state index in [-0.39, 0.29) is 11.8 Å². The van der Waals surface area contributed by atoms with Crippen LogP contribution in [0.15, 0.2) is 49.1 Å². The van der Waals surface area contributed by atoms with Gasteiger partial charge >= 0.3 is 0 Å². The summed E-state index contributed by atoms with van der Waals surface area (Å²) in [5.41, 5.74) is 2.14. The monoisotopic (exact) mass is 255 g/mol. The number of hydrogen-bond acceptors (Lipinski definition) is 3. The summed E-state index contributed by atoms with van der Waals surface area (Å²) in [6.45, 7) is 0. The number of nitrogens with zero attached hydrogens (tertiary/aromatic N) is 2. The molecule has 0 radical (unpaired) electrons. The molecule has 0 saturated heterocycles. The van der Waals surface area contributed by atoms with Crippen molar-refractivity contribution in [3.63, 3.8) is 0 Å². The van der Waals surface area contributed by atoms with Crippen molar-refractivity contribution in [3.8, 4) is 0 Å². The van der Waals surface area contributed by atoms with E-state index in [2.05, 4.69) is 15.3 Å². The number of aromatic nitrogens is 2. The van der Waals surface area contributed by atoms with E-state index in [0.29, 0.717) is 12.8 Å². The van der Waals surface area contributed by atoms with Crippen molar-refractivity contribution >= 4 is 5.91 Å². The van der Waals surface area contributed by atoms with Crippen LogP contribution in [0.4, 0.5) is 0 Å². The van der Waals surface area contributed by atoms with Gasteiger partial charge in [0, 0.05) is 37.8 Å². The first kappa shape index (κ1) is 13.2. The molecule has 0 aromatic carbocycles. The normalized spacial score (nSPS) is 10.4. The zero-order chi connectivity index (χ0) is 13.5. The largest absolute Gasteiger partial charge is 0.359 e. The summed E-state index contributed by atoms with van der Waals surface area (Å²) >= 11 is 0. The molecule has 0 saturated carbocycles. The van der Waals surface area contributed by atoms with E-state index < -0.39 is 0 Å². The minimum atomic E-state index is -0.0987. The highest BCUT2D eigenvalue weighted by atomic mass is 16.1. The maximum absolute atomic E-state index is 12.0. The van der Waals surface area contributed by atoms with Crippen molar-refractivity contribution in [2.24, 2.45) is 5.92 Å². The van der Waals surface area contributed by atoms with E-state index in [9.17, 15) is 4.79 Å². The molecule has 1 amide bonds. The molecule has 4 nitrogen and oxygen atoms in total. The zero-order valence-corrected chi connectivity index (χ0v) is 10.9. The van der Waals surface area contributed by atoms with Crippen molar-refractivity contribution in [2.75, 3.05) is 7.05 Å². The quantitative estimate of drug-likeness (QED) is 0.883. The van der Waals surface area contributed by atoms with Crippen LogP contribution in [0, 0.1) is 5.92 Å². The van der Waals surface area contributed by atoms with Crippen LogP contribution in [-0.4, -0.2) is 22.9 Å². The number of amides is 1. The van der Waals surface area contributed by atoms with Gasteiger partial charge in [-0.2, -0.15) is 0 Å². The Morgan fingerprint density at radius 2 is 1.63 bits per heavy atom. The Balaban J connectivity index is 2.10. The van der Waals surface area contributed by atoms with Gasteiger partial charge < -0.3 is 5.32 Å². The highest BCUT2D eigenvalue weighted by Crippen LogP contribution is 2.14. The molecule has 1 N–H and O–H groups in total. The van der Waals surface area contributed by atoms with Gasteiger partial charge in [-0.3, -0.25) is 14.8 Å². The summed E-state index contributed by atoms with van der Waals surface area (Å²) < 4.78 is 0. The number of hydrogen-bond donors (Lipinski definition) is 1. The van der Waals surface area contributed by atoms with Crippen LogP contribution in [0.25, 0.3) is 0 Å². The number of pyridine rings is 2. The highest BCUT2D eigenvalue weighted by Gasteiger charge is 2.18. The zero-order valence-electron chi connectivity index (χ0n) is 10.9. The lowest BCUT2D eigenvalue weighted by atomic mass is 9.93. The SMILES string of the molecule is CNC(=O)C(Cc1cccnc1)Cc1cccnc1. The van der Waals surface area contributed by atoms with Crippen molar-refractivity contribution in [3.05, 3.63) is 60.2 Å². The summed E-state index contributed by atoms with van der Waals surface area (Å²) in [7, 11) is 1.67. The minimum absolute atomic E-state index is 0.0488. The third-order valence-electron chi connectivity index (χ3n) is 3.03. The summed E-state index contributed by atoms with van der Waals surface area (Å²) in [4.78, 5) is 20.1. The number of rotatable bonds is 5. The Hall–Kier alpha value is -2.23. The van der Waals surface area contributed by atoms with Gasteiger partial charge in [0.15, 0.2) is 0 Å². The van der Waals surface area contributed by atoms with Gasteiger partial charge in [0.25, 0.3) is 0 Å². The molecule has 2 rings (SSSR count). The molecule has 0 aliphatic rings. The molecular weight excluding hydrogens is 238 g/mol. The summed E-state index contributed by atoms with van der Waals surface area (Å²) in [5.74, 6) is -0.0499. The van der Waals surface area contributed by atoms with Gasteiger partial charge in [-0.15, -0.1) is 0 Å². The molecule has 2 aromatic rings. The summed E-state index contributed by atoms with van der Waals surface area (Å²) in [5, 5.41) is 2.73. The van der Waals surface area contributed by atoms with Crippen LogP contribution in [0.3, 0.4) is 0 Å². The van der Waals surface area contributed by atoms with Crippen molar-refractivity contribution in [1.82, 2.24) is 15.3 Å².